The Morgan fingerprint density at radius 2 is 2.04 bits per heavy atom. The number of carbonyl (C=O) groups is 1. The van der Waals surface area contributed by atoms with Crippen LogP contribution in [0.5, 0.6) is 0 Å². The summed E-state index contributed by atoms with van der Waals surface area (Å²) < 4.78 is 44.4. The van der Waals surface area contributed by atoms with E-state index in [2.05, 4.69) is 9.71 Å². The van der Waals surface area contributed by atoms with E-state index in [4.69, 9.17) is 4.74 Å². The van der Waals surface area contributed by atoms with Gasteiger partial charge in [0.05, 0.1) is 27.7 Å². The zero-order valence-corrected chi connectivity index (χ0v) is 14.7. The standard InChI is InChI=1S/C16H13FN2O4S2/c1-25(21,22)19-13-8-10(17)6-7-11(13)16(20)23-9-15-18-12-4-2-3-5-14(12)24-15/h2-8,19H,9H2,1H3. The van der Waals surface area contributed by atoms with Crippen molar-refractivity contribution in [2.24, 2.45) is 0 Å². The first kappa shape index (κ1) is 17.3. The molecule has 2 aromatic carbocycles. The summed E-state index contributed by atoms with van der Waals surface area (Å²) >= 11 is 1.39. The number of rotatable bonds is 5. The minimum absolute atomic E-state index is 0.0616. The van der Waals surface area contributed by atoms with Crippen LogP contribution in [0.3, 0.4) is 0 Å². The van der Waals surface area contributed by atoms with Gasteiger partial charge in [-0.2, -0.15) is 0 Å². The van der Waals surface area contributed by atoms with Gasteiger partial charge in [0.2, 0.25) is 10.0 Å². The van der Waals surface area contributed by atoms with Gasteiger partial charge in [0.15, 0.2) is 0 Å². The Morgan fingerprint density at radius 3 is 2.76 bits per heavy atom. The van der Waals surface area contributed by atoms with E-state index in [9.17, 15) is 17.6 Å². The first-order valence-electron chi connectivity index (χ1n) is 7.11. The van der Waals surface area contributed by atoms with Crippen molar-refractivity contribution in [3.63, 3.8) is 0 Å². The fraction of sp³-hybridized carbons (Fsp3) is 0.125. The van der Waals surface area contributed by atoms with Crippen LogP contribution in [-0.2, 0) is 21.4 Å². The van der Waals surface area contributed by atoms with Crippen LogP contribution in [0.15, 0.2) is 42.5 Å². The van der Waals surface area contributed by atoms with Crippen LogP contribution in [0.2, 0.25) is 0 Å². The quantitative estimate of drug-likeness (QED) is 0.687. The maximum Gasteiger partial charge on any atom is 0.340 e. The summed E-state index contributed by atoms with van der Waals surface area (Å²) in [5, 5.41) is 0.606. The largest absolute Gasteiger partial charge is 0.455 e. The lowest BCUT2D eigenvalue weighted by Crippen LogP contribution is -2.15. The molecular weight excluding hydrogens is 367 g/mol. The molecule has 3 aromatic rings. The number of thiazole rings is 1. The SMILES string of the molecule is CS(=O)(=O)Nc1cc(F)ccc1C(=O)OCc1nc2ccccc2s1. The molecule has 0 saturated heterocycles. The molecule has 6 nitrogen and oxygen atoms in total. The van der Waals surface area contributed by atoms with Gasteiger partial charge in [-0.05, 0) is 30.3 Å². The number of sulfonamides is 1. The van der Waals surface area contributed by atoms with E-state index in [0.29, 0.717) is 5.01 Å². The monoisotopic (exact) mass is 380 g/mol. The van der Waals surface area contributed by atoms with Gasteiger partial charge in [0.1, 0.15) is 17.4 Å². The van der Waals surface area contributed by atoms with Gasteiger partial charge in [-0.15, -0.1) is 11.3 Å². The smallest absolute Gasteiger partial charge is 0.340 e. The molecule has 1 heterocycles. The molecule has 0 unspecified atom stereocenters. The van der Waals surface area contributed by atoms with Gasteiger partial charge in [0, 0.05) is 0 Å². The van der Waals surface area contributed by atoms with Crippen molar-refractivity contribution in [2.45, 2.75) is 6.61 Å². The van der Waals surface area contributed by atoms with Gasteiger partial charge in [-0.25, -0.2) is 22.6 Å². The number of ether oxygens (including phenoxy) is 1. The third-order valence-electron chi connectivity index (χ3n) is 3.16. The third kappa shape index (κ3) is 4.31. The van der Waals surface area contributed by atoms with Crippen molar-refractivity contribution >= 4 is 43.2 Å². The van der Waals surface area contributed by atoms with Crippen molar-refractivity contribution < 1.29 is 22.3 Å². The van der Waals surface area contributed by atoms with Gasteiger partial charge in [-0.1, -0.05) is 12.1 Å². The van der Waals surface area contributed by atoms with Crippen LogP contribution in [-0.4, -0.2) is 25.6 Å². The van der Waals surface area contributed by atoms with Gasteiger partial charge >= 0.3 is 5.97 Å². The molecule has 0 amide bonds. The fourth-order valence-electron chi connectivity index (χ4n) is 2.17. The van der Waals surface area contributed by atoms with Gasteiger partial charge < -0.3 is 4.74 Å². The van der Waals surface area contributed by atoms with E-state index in [1.807, 2.05) is 24.3 Å². The lowest BCUT2D eigenvalue weighted by Gasteiger charge is -2.10. The molecule has 25 heavy (non-hydrogen) atoms. The predicted octanol–water partition coefficient (Wildman–Crippen LogP) is 3.16. The molecule has 0 aliphatic heterocycles. The Hall–Kier alpha value is -2.52. The molecular formula is C16H13FN2O4S2. The molecule has 130 valence electrons. The molecule has 3 rings (SSSR count). The summed E-state index contributed by atoms with van der Waals surface area (Å²) in [5.74, 6) is -1.45. The van der Waals surface area contributed by atoms with Crippen LogP contribution in [0.25, 0.3) is 10.2 Å². The molecule has 0 saturated carbocycles. The third-order valence-corrected chi connectivity index (χ3v) is 4.76. The summed E-state index contributed by atoms with van der Waals surface area (Å²) in [6.45, 7) is -0.0616. The van der Waals surface area contributed by atoms with Crippen LogP contribution >= 0.6 is 11.3 Å². The number of fused-ring (bicyclic) bond motifs is 1. The highest BCUT2D eigenvalue weighted by Gasteiger charge is 2.17. The van der Waals surface area contributed by atoms with Gasteiger partial charge in [-0.3, -0.25) is 4.72 Å². The molecule has 0 aliphatic rings. The molecule has 0 spiro atoms. The second-order valence-corrected chi connectivity index (χ2v) is 8.08. The number of benzene rings is 2. The topological polar surface area (TPSA) is 85.4 Å². The number of halogens is 1. The normalized spacial score (nSPS) is 11.4. The van der Waals surface area contributed by atoms with Crippen molar-refractivity contribution in [3.05, 3.63) is 58.9 Å². The second-order valence-electron chi connectivity index (χ2n) is 5.22. The lowest BCUT2D eigenvalue weighted by molar-refractivity contribution is 0.0474. The highest BCUT2D eigenvalue weighted by atomic mass is 32.2. The summed E-state index contributed by atoms with van der Waals surface area (Å²) in [4.78, 5) is 16.6. The maximum atomic E-state index is 13.4. The van der Waals surface area contributed by atoms with E-state index < -0.39 is 21.8 Å². The summed E-state index contributed by atoms with van der Waals surface area (Å²) in [6.07, 6.45) is 0.911. The Bertz CT molecular complexity index is 1010. The summed E-state index contributed by atoms with van der Waals surface area (Å²) in [5.41, 5.74) is 0.560. The number of carbonyl (C=O) groups excluding carboxylic acids is 1. The number of esters is 1. The second kappa shape index (κ2) is 6.77. The number of hydrogen-bond acceptors (Lipinski definition) is 6. The predicted molar refractivity (Wildman–Crippen MR) is 93.6 cm³/mol. The van der Waals surface area contributed by atoms with Crippen molar-refractivity contribution in [2.75, 3.05) is 11.0 Å². The fourth-order valence-corrected chi connectivity index (χ4v) is 3.61. The molecule has 9 heteroatoms. The molecule has 0 aliphatic carbocycles. The van der Waals surface area contributed by atoms with E-state index in [1.54, 1.807) is 0 Å². The zero-order chi connectivity index (χ0) is 18.0. The molecule has 0 atom stereocenters. The average Bonchev–Trinajstić information content (AvgIpc) is 2.94. The van der Waals surface area contributed by atoms with E-state index in [1.165, 1.54) is 17.4 Å². The zero-order valence-electron chi connectivity index (χ0n) is 13.0. The van der Waals surface area contributed by atoms with Crippen LogP contribution in [0, 0.1) is 5.82 Å². The number of nitrogens with one attached hydrogen (secondary N) is 1. The highest BCUT2D eigenvalue weighted by Crippen LogP contribution is 2.24. The Kier molecular flexibility index (Phi) is 4.69. The molecule has 1 N–H and O–H groups in total. The Balaban J connectivity index is 1.78. The number of para-hydroxylation sites is 1. The minimum atomic E-state index is -3.67. The molecule has 1 aromatic heterocycles. The van der Waals surface area contributed by atoms with Crippen LogP contribution in [0.4, 0.5) is 10.1 Å². The maximum absolute atomic E-state index is 13.4. The van der Waals surface area contributed by atoms with Crippen LogP contribution < -0.4 is 4.72 Å². The lowest BCUT2D eigenvalue weighted by atomic mass is 10.2. The van der Waals surface area contributed by atoms with Crippen molar-refractivity contribution in [1.29, 1.82) is 0 Å². The van der Waals surface area contributed by atoms with Gasteiger partial charge in [0.25, 0.3) is 0 Å². The van der Waals surface area contributed by atoms with E-state index in [-0.39, 0.29) is 17.9 Å². The molecule has 0 fully saturated rings. The average molecular weight is 380 g/mol. The highest BCUT2D eigenvalue weighted by molar-refractivity contribution is 7.92. The molecule has 0 radical (unpaired) electrons. The first-order valence-corrected chi connectivity index (χ1v) is 9.81. The number of hydrogen-bond donors (Lipinski definition) is 1. The first-order chi connectivity index (χ1) is 11.8. The number of nitrogens with zero attached hydrogens (tertiary/aromatic N) is 1. The van der Waals surface area contributed by atoms with E-state index in [0.717, 1.165) is 28.6 Å². The molecule has 0 bridgehead atoms. The van der Waals surface area contributed by atoms with Crippen molar-refractivity contribution in [3.8, 4) is 0 Å². The number of aromatic nitrogens is 1. The Labute approximate surface area is 147 Å². The summed E-state index contributed by atoms with van der Waals surface area (Å²) in [6, 6.07) is 10.7. The number of anilines is 1. The van der Waals surface area contributed by atoms with E-state index >= 15 is 0 Å². The minimum Gasteiger partial charge on any atom is -0.455 e. The van der Waals surface area contributed by atoms with Crippen LogP contribution in [0.1, 0.15) is 15.4 Å². The van der Waals surface area contributed by atoms with Crippen molar-refractivity contribution in [1.82, 2.24) is 4.98 Å². The Morgan fingerprint density at radius 1 is 1.28 bits per heavy atom. The summed E-state index contributed by atoms with van der Waals surface area (Å²) in [7, 11) is -3.67.